The molecule has 146 valence electrons. The van der Waals surface area contributed by atoms with Crippen molar-refractivity contribution in [2.45, 2.75) is 18.8 Å². The van der Waals surface area contributed by atoms with E-state index < -0.39 is 5.82 Å². The van der Waals surface area contributed by atoms with Gasteiger partial charge in [-0.2, -0.15) is 0 Å². The van der Waals surface area contributed by atoms with E-state index in [1.807, 2.05) is 16.8 Å². The van der Waals surface area contributed by atoms with Crippen molar-refractivity contribution in [1.82, 2.24) is 20.1 Å². The number of phenolic OH excluding ortho intramolecular Hbond substituents is 1. The van der Waals surface area contributed by atoms with Gasteiger partial charge in [-0.25, -0.2) is 4.39 Å². The minimum absolute atomic E-state index is 0.0657. The van der Waals surface area contributed by atoms with Crippen LogP contribution in [0, 0.1) is 5.82 Å². The van der Waals surface area contributed by atoms with E-state index in [0.717, 1.165) is 37.1 Å². The number of phenols is 1. The summed E-state index contributed by atoms with van der Waals surface area (Å²) in [5.41, 5.74) is 4.27. The molecule has 0 aliphatic carbocycles. The maximum atomic E-state index is 14.3. The highest BCUT2D eigenvalue weighted by Gasteiger charge is 2.17. The predicted molar refractivity (Wildman–Crippen MR) is 111 cm³/mol. The fraction of sp³-hybridized carbons (Fsp3) is 0.217. The van der Waals surface area contributed by atoms with Gasteiger partial charge in [0, 0.05) is 11.9 Å². The Labute approximate surface area is 167 Å². The number of halogens is 1. The van der Waals surface area contributed by atoms with Gasteiger partial charge >= 0.3 is 0 Å². The Balaban J connectivity index is 1.54. The monoisotopic (exact) mass is 388 g/mol. The van der Waals surface area contributed by atoms with Crippen molar-refractivity contribution in [3.05, 3.63) is 72.2 Å². The van der Waals surface area contributed by atoms with Gasteiger partial charge < -0.3 is 15.0 Å². The van der Waals surface area contributed by atoms with Crippen molar-refractivity contribution in [2.75, 3.05) is 13.1 Å². The number of aromatic nitrogens is 3. The summed E-state index contributed by atoms with van der Waals surface area (Å²) in [5.74, 6) is -0.0700. The highest BCUT2D eigenvalue weighted by molar-refractivity contribution is 5.82. The van der Waals surface area contributed by atoms with Gasteiger partial charge in [0.25, 0.3) is 0 Å². The minimum Gasteiger partial charge on any atom is -0.507 e. The van der Waals surface area contributed by atoms with Crippen LogP contribution < -0.4 is 5.32 Å². The van der Waals surface area contributed by atoms with Crippen LogP contribution in [0.25, 0.3) is 28.0 Å². The van der Waals surface area contributed by atoms with E-state index in [1.54, 1.807) is 6.07 Å². The molecule has 1 fully saturated rings. The zero-order valence-electron chi connectivity index (χ0n) is 15.8. The molecule has 0 radical (unpaired) electrons. The maximum absolute atomic E-state index is 14.3. The number of hydrogen-bond acceptors (Lipinski definition) is 4. The summed E-state index contributed by atoms with van der Waals surface area (Å²) in [7, 11) is 0. The summed E-state index contributed by atoms with van der Waals surface area (Å²) in [6, 6.07) is 16.5. The van der Waals surface area contributed by atoms with Crippen LogP contribution >= 0.6 is 0 Å². The van der Waals surface area contributed by atoms with E-state index in [-0.39, 0.29) is 11.3 Å². The van der Waals surface area contributed by atoms with E-state index in [4.69, 9.17) is 0 Å². The molecule has 0 bridgehead atoms. The first-order valence-electron chi connectivity index (χ1n) is 9.84. The lowest BCUT2D eigenvalue weighted by atomic mass is 9.90. The standard InChI is InChI=1S/C23H21FN4O/c24-18-2-1-3-22(29)23(18)20-14-21-19(26-27-20)10-13-28(21)17-6-4-15(5-7-17)16-8-11-25-12-9-16/h1-7,10,13-14,16,25,29H,8-9,11-12H2. The van der Waals surface area contributed by atoms with Crippen LogP contribution in [0.2, 0.25) is 0 Å². The number of rotatable bonds is 3. The van der Waals surface area contributed by atoms with Crippen molar-refractivity contribution in [3.63, 3.8) is 0 Å². The van der Waals surface area contributed by atoms with E-state index in [1.165, 1.54) is 23.8 Å². The molecule has 1 aliphatic rings. The number of nitrogens with one attached hydrogen (secondary N) is 1. The van der Waals surface area contributed by atoms with Crippen molar-refractivity contribution in [3.8, 4) is 22.7 Å². The first-order chi connectivity index (χ1) is 14.2. The molecule has 6 heteroatoms. The third-order valence-corrected chi connectivity index (χ3v) is 5.67. The highest BCUT2D eigenvalue weighted by atomic mass is 19.1. The second-order valence-electron chi connectivity index (χ2n) is 7.44. The average molecular weight is 388 g/mol. The quantitative estimate of drug-likeness (QED) is 0.546. The lowest BCUT2D eigenvalue weighted by Gasteiger charge is -2.23. The largest absolute Gasteiger partial charge is 0.507 e. The molecule has 1 aliphatic heterocycles. The smallest absolute Gasteiger partial charge is 0.136 e. The molecule has 0 spiro atoms. The number of benzene rings is 2. The fourth-order valence-corrected chi connectivity index (χ4v) is 4.10. The Bertz CT molecular complexity index is 1140. The zero-order valence-corrected chi connectivity index (χ0v) is 15.8. The third kappa shape index (κ3) is 3.25. The topological polar surface area (TPSA) is 63.0 Å². The Morgan fingerprint density at radius 3 is 2.55 bits per heavy atom. The molecule has 5 nitrogen and oxygen atoms in total. The van der Waals surface area contributed by atoms with Gasteiger partial charge in [0.15, 0.2) is 0 Å². The van der Waals surface area contributed by atoms with Crippen LogP contribution in [0.3, 0.4) is 0 Å². The fourth-order valence-electron chi connectivity index (χ4n) is 4.10. The van der Waals surface area contributed by atoms with Gasteiger partial charge in [0.05, 0.1) is 11.1 Å². The summed E-state index contributed by atoms with van der Waals surface area (Å²) >= 11 is 0. The number of aromatic hydroxyl groups is 1. The lowest BCUT2D eigenvalue weighted by Crippen LogP contribution is -2.26. The summed E-state index contributed by atoms with van der Waals surface area (Å²) in [5, 5.41) is 21.8. The van der Waals surface area contributed by atoms with Crippen LogP contribution in [0.1, 0.15) is 24.3 Å². The summed E-state index contributed by atoms with van der Waals surface area (Å²) < 4.78 is 16.3. The van der Waals surface area contributed by atoms with E-state index >= 15 is 0 Å². The van der Waals surface area contributed by atoms with Crippen molar-refractivity contribution in [2.24, 2.45) is 0 Å². The summed E-state index contributed by atoms with van der Waals surface area (Å²) in [4.78, 5) is 0. The van der Waals surface area contributed by atoms with Crippen molar-refractivity contribution < 1.29 is 9.50 Å². The molecule has 2 aromatic heterocycles. The average Bonchev–Trinajstić information content (AvgIpc) is 3.18. The van der Waals surface area contributed by atoms with Gasteiger partial charge in [-0.05, 0) is 73.8 Å². The SMILES string of the molecule is Oc1cccc(F)c1-c1cc2c(ccn2-c2ccc(C3CCNCC3)cc2)nn1. The second kappa shape index (κ2) is 7.29. The lowest BCUT2D eigenvalue weighted by molar-refractivity contribution is 0.460. The van der Waals surface area contributed by atoms with E-state index in [2.05, 4.69) is 39.8 Å². The molecule has 1 saturated heterocycles. The third-order valence-electron chi connectivity index (χ3n) is 5.67. The summed E-state index contributed by atoms with van der Waals surface area (Å²) in [6.07, 6.45) is 4.26. The molecular formula is C23H21FN4O. The molecule has 2 N–H and O–H groups in total. The molecule has 29 heavy (non-hydrogen) atoms. The number of piperidine rings is 1. The van der Waals surface area contributed by atoms with Gasteiger partial charge in [-0.3, -0.25) is 0 Å². The molecule has 0 atom stereocenters. The Hall–Kier alpha value is -3.25. The normalized spacial score (nSPS) is 15.1. The molecule has 5 rings (SSSR count). The van der Waals surface area contributed by atoms with Gasteiger partial charge in [-0.15, -0.1) is 10.2 Å². The molecule has 3 heterocycles. The zero-order chi connectivity index (χ0) is 19.8. The second-order valence-corrected chi connectivity index (χ2v) is 7.44. The van der Waals surface area contributed by atoms with Crippen molar-refractivity contribution >= 4 is 11.0 Å². The molecule has 0 unspecified atom stereocenters. The molecule has 0 saturated carbocycles. The Morgan fingerprint density at radius 1 is 1.00 bits per heavy atom. The van der Waals surface area contributed by atoms with Gasteiger partial charge in [0.1, 0.15) is 22.8 Å². The first kappa shape index (κ1) is 17.8. The Morgan fingerprint density at radius 2 is 1.79 bits per heavy atom. The van der Waals surface area contributed by atoms with Crippen LogP contribution in [0.15, 0.2) is 60.8 Å². The van der Waals surface area contributed by atoms with Crippen LogP contribution in [-0.4, -0.2) is 33.0 Å². The van der Waals surface area contributed by atoms with Gasteiger partial charge in [0.2, 0.25) is 0 Å². The Kier molecular flexibility index (Phi) is 4.48. The highest BCUT2D eigenvalue weighted by Crippen LogP contribution is 2.32. The van der Waals surface area contributed by atoms with Crippen molar-refractivity contribution in [1.29, 1.82) is 0 Å². The van der Waals surface area contributed by atoms with E-state index in [0.29, 0.717) is 17.1 Å². The first-order valence-corrected chi connectivity index (χ1v) is 9.84. The van der Waals surface area contributed by atoms with Gasteiger partial charge in [-0.1, -0.05) is 18.2 Å². The predicted octanol–water partition coefficient (Wildman–Crippen LogP) is 4.40. The van der Waals surface area contributed by atoms with Crippen LogP contribution in [0.4, 0.5) is 4.39 Å². The maximum Gasteiger partial charge on any atom is 0.136 e. The van der Waals surface area contributed by atoms with E-state index in [9.17, 15) is 9.50 Å². The van der Waals surface area contributed by atoms with Crippen LogP contribution in [-0.2, 0) is 0 Å². The molecule has 0 amide bonds. The van der Waals surface area contributed by atoms with Crippen LogP contribution in [0.5, 0.6) is 5.75 Å². The number of hydrogen-bond donors (Lipinski definition) is 2. The summed E-state index contributed by atoms with van der Waals surface area (Å²) in [6.45, 7) is 2.14. The molecular weight excluding hydrogens is 367 g/mol. The minimum atomic E-state index is -0.525. The molecule has 4 aromatic rings. The number of nitrogens with zero attached hydrogens (tertiary/aromatic N) is 3. The number of fused-ring (bicyclic) bond motifs is 1. The molecule has 2 aromatic carbocycles.